The van der Waals surface area contributed by atoms with E-state index in [2.05, 4.69) is 23.0 Å². The van der Waals surface area contributed by atoms with Gasteiger partial charge in [-0.05, 0) is 31.0 Å². The highest BCUT2D eigenvalue weighted by Crippen LogP contribution is 2.28. The highest BCUT2D eigenvalue weighted by molar-refractivity contribution is 6.05. The fourth-order valence-electron chi connectivity index (χ4n) is 2.34. The van der Waals surface area contributed by atoms with E-state index in [1.165, 1.54) is 16.6 Å². The molecule has 3 rings (SSSR count). The Morgan fingerprint density at radius 1 is 1.26 bits per heavy atom. The highest BCUT2D eigenvalue weighted by atomic mass is 35.5. The summed E-state index contributed by atoms with van der Waals surface area (Å²) in [6.07, 6.45) is 1.03. The third-order valence-electron chi connectivity index (χ3n) is 3.19. The Hall–Kier alpha value is -1.56. The monoisotopic (exact) mass is 285 g/mol. The standard InChI is InChI=1S/C13H14N2O.ClH.2H2O/c1-8-13-11(5-6-14-8)10-4-3-9(16-2)7-12(10)15-13;;;/h3-4,7,15H,5-6H2,1-2H3;1H;2*1H2/p-1. The average molecular weight is 286 g/mol. The molecule has 5 nitrogen and oxygen atoms in total. The Morgan fingerprint density at radius 3 is 2.68 bits per heavy atom. The number of nitrogens with one attached hydrogen (secondary N) is 1. The van der Waals surface area contributed by atoms with Crippen molar-refractivity contribution >= 4 is 16.6 Å². The van der Waals surface area contributed by atoms with Crippen molar-refractivity contribution in [1.82, 2.24) is 4.98 Å². The van der Waals surface area contributed by atoms with Crippen molar-refractivity contribution in [3.05, 3.63) is 29.5 Å². The summed E-state index contributed by atoms with van der Waals surface area (Å²) in [6, 6.07) is 6.18. The number of methoxy groups -OCH3 is 1. The van der Waals surface area contributed by atoms with Gasteiger partial charge in [-0.2, -0.15) is 0 Å². The Balaban J connectivity index is 0.00000108. The van der Waals surface area contributed by atoms with Gasteiger partial charge < -0.3 is 33.1 Å². The van der Waals surface area contributed by atoms with Gasteiger partial charge in [-0.3, -0.25) is 4.99 Å². The minimum atomic E-state index is 0. The lowest BCUT2D eigenvalue weighted by Crippen LogP contribution is -3.00. The molecule has 0 fully saturated rings. The quantitative estimate of drug-likeness (QED) is 0.637. The smallest absolute Gasteiger partial charge is 0.120 e. The molecule has 0 spiro atoms. The molecule has 0 atom stereocenters. The summed E-state index contributed by atoms with van der Waals surface area (Å²) in [5.41, 5.74) is 4.83. The summed E-state index contributed by atoms with van der Waals surface area (Å²) in [6.45, 7) is 2.96. The molecule has 1 aliphatic rings. The SMILES string of the molecule is COc1ccc2c3c([nH]c2c1)C(C)=NCC3.O.O.[Cl-]. The largest absolute Gasteiger partial charge is 1.00 e. The van der Waals surface area contributed by atoms with Crippen molar-refractivity contribution in [1.29, 1.82) is 0 Å². The van der Waals surface area contributed by atoms with Crippen LogP contribution in [0.5, 0.6) is 5.75 Å². The van der Waals surface area contributed by atoms with Gasteiger partial charge in [0.05, 0.1) is 18.5 Å². The number of H-pyrrole nitrogens is 1. The minimum Gasteiger partial charge on any atom is -1.00 e. The van der Waals surface area contributed by atoms with Crippen LogP contribution in [0.15, 0.2) is 23.2 Å². The second kappa shape index (κ2) is 6.56. The van der Waals surface area contributed by atoms with Gasteiger partial charge in [0, 0.05) is 23.5 Å². The van der Waals surface area contributed by atoms with E-state index in [9.17, 15) is 0 Å². The molecule has 0 unspecified atom stereocenters. The topological polar surface area (TPSA) is 100 Å². The Kier molecular flexibility index (Phi) is 6.02. The molecule has 6 heteroatoms. The van der Waals surface area contributed by atoms with Crippen molar-refractivity contribution in [2.24, 2.45) is 4.99 Å². The van der Waals surface area contributed by atoms with E-state index in [4.69, 9.17) is 4.74 Å². The van der Waals surface area contributed by atoms with Crippen LogP contribution in [0.2, 0.25) is 0 Å². The second-order valence-electron chi connectivity index (χ2n) is 4.11. The number of rotatable bonds is 1. The van der Waals surface area contributed by atoms with Crippen molar-refractivity contribution < 1.29 is 28.1 Å². The maximum Gasteiger partial charge on any atom is 0.120 e. The number of hydrogen-bond acceptors (Lipinski definition) is 2. The predicted molar refractivity (Wildman–Crippen MR) is 72.9 cm³/mol. The van der Waals surface area contributed by atoms with Crippen LogP contribution < -0.4 is 17.1 Å². The third-order valence-corrected chi connectivity index (χ3v) is 3.19. The summed E-state index contributed by atoms with van der Waals surface area (Å²) < 4.78 is 5.23. The minimum absolute atomic E-state index is 0. The summed E-state index contributed by atoms with van der Waals surface area (Å²) in [5.74, 6) is 0.890. The molecule has 1 aromatic carbocycles. The number of halogens is 1. The maximum absolute atomic E-state index is 5.23. The molecule has 1 aliphatic heterocycles. The van der Waals surface area contributed by atoms with Crippen molar-refractivity contribution in [3.8, 4) is 5.75 Å². The van der Waals surface area contributed by atoms with E-state index in [0.717, 1.165) is 29.9 Å². The Morgan fingerprint density at radius 2 is 2.00 bits per heavy atom. The predicted octanol–water partition coefficient (Wildman–Crippen LogP) is -2.10. The molecule has 0 saturated carbocycles. The maximum atomic E-state index is 5.23. The second-order valence-corrected chi connectivity index (χ2v) is 4.11. The van der Waals surface area contributed by atoms with E-state index >= 15 is 0 Å². The molecule has 19 heavy (non-hydrogen) atoms. The Labute approximate surface area is 117 Å². The normalized spacial score (nSPS) is 12.4. The van der Waals surface area contributed by atoms with Crippen LogP contribution >= 0.6 is 0 Å². The lowest BCUT2D eigenvalue weighted by molar-refractivity contribution is -0.00000609. The highest BCUT2D eigenvalue weighted by Gasteiger charge is 2.16. The van der Waals surface area contributed by atoms with Crippen LogP contribution in [-0.4, -0.2) is 35.3 Å². The number of aromatic amines is 1. The van der Waals surface area contributed by atoms with Crippen LogP contribution in [0.1, 0.15) is 18.2 Å². The van der Waals surface area contributed by atoms with Crippen LogP contribution in [0, 0.1) is 0 Å². The number of fused-ring (bicyclic) bond motifs is 3. The first kappa shape index (κ1) is 17.4. The molecule has 1 aromatic heterocycles. The average Bonchev–Trinajstić information content (AvgIpc) is 2.68. The van der Waals surface area contributed by atoms with Gasteiger partial charge in [-0.1, -0.05) is 0 Å². The molecule has 0 aliphatic carbocycles. The van der Waals surface area contributed by atoms with E-state index in [0.29, 0.717) is 0 Å². The zero-order valence-electron chi connectivity index (χ0n) is 10.9. The zero-order chi connectivity index (χ0) is 11.1. The van der Waals surface area contributed by atoms with Gasteiger partial charge in [0.25, 0.3) is 0 Å². The van der Waals surface area contributed by atoms with Gasteiger partial charge in [0.2, 0.25) is 0 Å². The van der Waals surface area contributed by atoms with Crippen molar-refractivity contribution in [2.75, 3.05) is 13.7 Å². The van der Waals surface area contributed by atoms with Crippen molar-refractivity contribution in [3.63, 3.8) is 0 Å². The molecule has 106 valence electrons. The first-order valence-electron chi connectivity index (χ1n) is 5.49. The summed E-state index contributed by atoms with van der Waals surface area (Å²) in [5, 5.41) is 1.30. The lowest BCUT2D eigenvalue weighted by atomic mass is 10.0. The van der Waals surface area contributed by atoms with Gasteiger partial charge in [0.1, 0.15) is 5.75 Å². The van der Waals surface area contributed by atoms with Gasteiger partial charge in [-0.15, -0.1) is 0 Å². The number of nitrogens with zero attached hydrogens (tertiary/aromatic N) is 1. The molecular weight excluding hydrogens is 268 g/mol. The van der Waals surface area contributed by atoms with Crippen LogP contribution in [0.25, 0.3) is 10.9 Å². The van der Waals surface area contributed by atoms with E-state index in [1.807, 2.05) is 12.1 Å². The molecule has 0 amide bonds. The van der Waals surface area contributed by atoms with Gasteiger partial charge >= 0.3 is 0 Å². The summed E-state index contributed by atoms with van der Waals surface area (Å²) >= 11 is 0. The fraction of sp³-hybridized carbons (Fsp3) is 0.308. The molecule has 2 aromatic rings. The number of aliphatic imine (C=N–C) groups is 1. The molecular formula is C13H18ClN2O3-. The van der Waals surface area contributed by atoms with Crippen LogP contribution in [-0.2, 0) is 6.42 Å². The Bertz CT molecular complexity index is 593. The first-order valence-corrected chi connectivity index (χ1v) is 5.49. The van der Waals surface area contributed by atoms with Gasteiger partial charge in [-0.25, -0.2) is 0 Å². The van der Waals surface area contributed by atoms with Gasteiger partial charge in [0.15, 0.2) is 0 Å². The molecule has 5 N–H and O–H groups in total. The van der Waals surface area contributed by atoms with Crippen LogP contribution in [0.3, 0.4) is 0 Å². The summed E-state index contributed by atoms with van der Waals surface area (Å²) in [4.78, 5) is 7.89. The zero-order valence-corrected chi connectivity index (χ0v) is 11.6. The molecule has 0 saturated heterocycles. The number of ether oxygens (including phenoxy) is 1. The number of aromatic nitrogens is 1. The number of hydrogen-bond donors (Lipinski definition) is 1. The number of benzene rings is 1. The first-order chi connectivity index (χ1) is 7.79. The summed E-state index contributed by atoms with van der Waals surface area (Å²) in [7, 11) is 1.69. The fourth-order valence-corrected chi connectivity index (χ4v) is 2.34. The van der Waals surface area contributed by atoms with E-state index in [1.54, 1.807) is 7.11 Å². The molecule has 0 bridgehead atoms. The van der Waals surface area contributed by atoms with Crippen LogP contribution in [0.4, 0.5) is 0 Å². The molecule has 0 radical (unpaired) electrons. The van der Waals surface area contributed by atoms with E-state index < -0.39 is 0 Å². The third kappa shape index (κ3) is 2.73. The lowest BCUT2D eigenvalue weighted by Gasteiger charge is -2.09. The molecule has 2 heterocycles. The van der Waals surface area contributed by atoms with E-state index in [-0.39, 0.29) is 23.4 Å². The van der Waals surface area contributed by atoms with Crippen molar-refractivity contribution in [2.45, 2.75) is 13.3 Å².